The van der Waals surface area contributed by atoms with Gasteiger partial charge in [-0.25, -0.2) is 0 Å². The first-order valence-corrected chi connectivity index (χ1v) is 30.2. The van der Waals surface area contributed by atoms with Crippen molar-refractivity contribution in [2.75, 3.05) is 13.2 Å². The van der Waals surface area contributed by atoms with Gasteiger partial charge in [-0.05, 0) is 44.9 Å². The van der Waals surface area contributed by atoms with Crippen molar-refractivity contribution in [3.05, 3.63) is 12.2 Å². The molecule has 0 rings (SSSR count). The molecule has 0 aliphatic rings. The standard InChI is InChI=1S/C61H116O6/c1-4-7-10-13-16-19-22-25-28-30-33-36-39-42-45-48-51-54-60(63)66-57-58(56-65-59(62)53-50-47-44-41-38-35-32-27-24-21-18-15-12-9-6-3)67-61(64)55-52-49-46-43-40-37-34-31-29-26-23-20-17-14-11-8-5-2/h25,28,58H,4-24,26-27,29-57H2,1-3H3. The molecule has 1 atom stereocenters. The van der Waals surface area contributed by atoms with Crippen molar-refractivity contribution < 1.29 is 28.6 Å². The predicted octanol–water partition coefficient (Wildman–Crippen LogP) is 20.1. The zero-order valence-electron chi connectivity index (χ0n) is 45.5. The van der Waals surface area contributed by atoms with Crippen molar-refractivity contribution in [3.63, 3.8) is 0 Å². The van der Waals surface area contributed by atoms with Crippen LogP contribution in [0.15, 0.2) is 12.2 Å². The van der Waals surface area contributed by atoms with Crippen molar-refractivity contribution in [2.24, 2.45) is 0 Å². The molecule has 6 heteroatoms. The Bertz CT molecular complexity index is 1040. The lowest BCUT2D eigenvalue weighted by Gasteiger charge is -2.18. The van der Waals surface area contributed by atoms with E-state index in [4.69, 9.17) is 14.2 Å². The third kappa shape index (κ3) is 55.0. The summed E-state index contributed by atoms with van der Waals surface area (Å²) in [7, 11) is 0. The van der Waals surface area contributed by atoms with Crippen LogP contribution in [0, 0.1) is 0 Å². The summed E-state index contributed by atoms with van der Waals surface area (Å²) in [5.41, 5.74) is 0. The van der Waals surface area contributed by atoms with Gasteiger partial charge in [0, 0.05) is 19.3 Å². The molecule has 0 aliphatic carbocycles. The van der Waals surface area contributed by atoms with Gasteiger partial charge in [0.15, 0.2) is 6.10 Å². The fourth-order valence-electron chi connectivity index (χ4n) is 9.21. The Balaban J connectivity index is 4.31. The molecule has 6 nitrogen and oxygen atoms in total. The van der Waals surface area contributed by atoms with Gasteiger partial charge in [0.2, 0.25) is 0 Å². The average Bonchev–Trinajstić information content (AvgIpc) is 3.33. The Labute approximate surface area is 418 Å². The van der Waals surface area contributed by atoms with E-state index in [1.165, 1.54) is 244 Å². The Hall–Kier alpha value is -1.85. The zero-order valence-corrected chi connectivity index (χ0v) is 45.5. The highest BCUT2D eigenvalue weighted by Crippen LogP contribution is 2.17. The summed E-state index contributed by atoms with van der Waals surface area (Å²) in [4.78, 5) is 38.2. The smallest absolute Gasteiger partial charge is 0.306 e. The van der Waals surface area contributed by atoms with Crippen LogP contribution in [0.3, 0.4) is 0 Å². The number of hydrogen-bond donors (Lipinski definition) is 0. The molecule has 1 unspecified atom stereocenters. The van der Waals surface area contributed by atoms with E-state index in [-0.39, 0.29) is 31.1 Å². The summed E-state index contributed by atoms with van der Waals surface area (Å²) in [6.45, 7) is 6.70. The maximum Gasteiger partial charge on any atom is 0.306 e. The zero-order chi connectivity index (χ0) is 48.6. The molecule has 0 N–H and O–H groups in total. The molecule has 0 aliphatic heterocycles. The lowest BCUT2D eigenvalue weighted by molar-refractivity contribution is -0.167. The van der Waals surface area contributed by atoms with Crippen LogP contribution in [-0.4, -0.2) is 37.2 Å². The van der Waals surface area contributed by atoms with Gasteiger partial charge in [0.25, 0.3) is 0 Å². The molecule has 0 saturated heterocycles. The minimum absolute atomic E-state index is 0.0649. The minimum Gasteiger partial charge on any atom is -0.462 e. The highest BCUT2D eigenvalue weighted by atomic mass is 16.6. The Morgan fingerprint density at radius 3 is 0.746 bits per heavy atom. The quantitative estimate of drug-likeness (QED) is 0.0262. The summed E-state index contributed by atoms with van der Waals surface area (Å²) in [6.07, 6.45) is 64.9. The van der Waals surface area contributed by atoms with Crippen LogP contribution in [0.1, 0.15) is 342 Å². The lowest BCUT2D eigenvalue weighted by Crippen LogP contribution is -2.30. The van der Waals surface area contributed by atoms with Crippen LogP contribution in [0.25, 0.3) is 0 Å². The molecular weight excluding hydrogens is 829 g/mol. The Kier molecular flexibility index (Phi) is 55.2. The van der Waals surface area contributed by atoms with E-state index in [9.17, 15) is 14.4 Å². The molecule has 0 spiro atoms. The fourth-order valence-corrected chi connectivity index (χ4v) is 9.21. The second-order valence-corrected chi connectivity index (χ2v) is 20.6. The molecule has 67 heavy (non-hydrogen) atoms. The van der Waals surface area contributed by atoms with Crippen LogP contribution >= 0.6 is 0 Å². The number of allylic oxidation sites excluding steroid dienone is 2. The van der Waals surface area contributed by atoms with E-state index in [0.717, 1.165) is 57.8 Å². The molecule has 0 amide bonds. The van der Waals surface area contributed by atoms with Crippen LogP contribution < -0.4 is 0 Å². The molecule has 0 aromatic heterocycles. The highest BCUT2D eigenvalue weighted by Gasteiger charge is 2.19. The molecule has 0 fully saturated rings. The number of carbonyl (C=O) groups is 3. The lowest BCUT2D eigenvalue weighted by atomic mass is 10.0. The van der Waals surface area contributed by atoms with Crippen LogP contribution in [0.5, 0.6) is 0 Å². The van der Waals surface area contributed by atoms with Gasteiger partial charge in [-0.1, -0.05) is 290 Å². The molecule has 0 radical (unpaired) electrons. The van der Waals surface area contributed by atoms with E-state index in [1.807, 2.05) is 0 Å². The summed E-state index contributed by atoms with van der Waals surface area (Å²) in [5, 5.41) is 0. The maximum absolute atomic E-state index is 12.9. The molecule has 0 saturated carbocycles. The molecule has 396 valence electrons. The third-order valence-corrected chi connectivity index (χ3v) is 13.8. The first-order chi connectivity index (χ1) is 33.0. The Morgan fingerprint density at radius 2 is 0.493 bits per heavy atom. The predicted molar refractivity (Wildman–Crippen MR) is 289 cm³/mol. The second kappa shape index (κ2) is 56.7. The van der Waals surface area contributed by atoms with Crippen molar-refractivity contribution in [2.45, 2.75) is 348 Å². The number of unbranched alkanes of at least 4 members (excludes halogenated alkanes) is 43. The summed E-state index contributed by atoms with van der Waals surface area (Å²) >= 11 is 0. The molecule has 0 bridgehead atoms. The van der Waals surface area contributed by atoms with Crippen molar-refractivity contribution in [3.8, 4) is 0 Å². The molecular formula is C61H116O6. The SMILES string of the molecule is CCCCCCCCC=CCCCCCCCCCC(=O)OCC(COC(=O)CCCCCCCCCCCCCCCCC)OC(=O)CCCCCCCCCCCCCCCCCCC. The van der Waals surface area contributed by atoms with E-state index in [0.29, 0.717) is 19.3 Å². The molecule has 0 aromatic rings. The van der Waals surface area contributed by atoms with Crippen LogP contribution in [0.2, 0.25) is 0 Å². The summed E-state index contributed by atoms with van der Waals surface area (Å²) in [5.74, 6) is -0.842. The monoisotopic (exact) mass is 945 g/mol. The topological polar surface area (TPSA) is 78.9 Å². The highest BCUT2D eigenvalue weighted by molar-refractivity contribution is 5.71. The van der Waals surface area contributed by atoms with Gasteiger partial charge in [-0.3, -0.25) is 14.4 Å². The fraction of sp³-hybridized carbons (Fsp3) is 0.918. The number of esters is 3. The van der Waals surface area contributed by atoms with Gasteiger partial charge < -0.3 is 14.2 Å². The van der Waals surface area contributed by atoms with Gasteiger partial charge in [0.05, 0.1) is 0 Å². The maximum atomic E-state index is 12.9. The summed E-state index contributed by atoms with van der Waals surface area (Å²) < 4.78 is 16.9. The Morgan fingerprint density at radius 1 is 0.284 bits per heavy atom. The number of ether oxygens (including phenoxy) is 3. The first-order valence-electron chi connectivity index (χ1n) is 30.2. The summed E-state index contributed by atoms with van der Waals surface area (Å²) in [6, 6.07) is 0. The molecule has 0 heterocycles. The van der Waals surface area contributed by atoms with E-state index >= 15 is 0 Å². The molecule has 0 aromatic carbocycles. The number of rotatable bonds is 56. The van der Waals surface area contributed by atoms with Gasteiger partial charge in [-0.2, -0.15) is 0 Å². The van der Waals surface area contributed by atoms with Crippen molar-refractivity contribution in [1.29, 1.82) is 0 Å². The number of hydrogen-bond acceptors (Lipinski definition) is 6. The van der Waals surface area contributed by atoms with Gasteiger partial charge in [0.1, 0.15) is 13.2 Å². The number of carbonyl (C=O) groups excluding carboxylic acids is 3. The van der Waals surface area contributed by atoms with Gasteiger partial charge in [-0.15, -0.1) is 0 Å². The van der Waals surface area contributed by atoms with E-state index in [1.54, 1.807) is 0 Å². The largest absolute Gasteiger partial charge is 0.462 e. The normalized spacial score (nSPS) is 12.0. The van der Waals surface area contributed by atoms with Crippen molar-refractivity contribution in [1.82, 2.24) is 0 Å². The van der Waals surface area contributed by atoms with Crippen LogP contribution in [-0.2, 0) is 28.6 Å². The average molecular weight is 946 g/mol. The van der Waals surface area contributed by atoms with E-state index in [2.05, 4.69) is 32.9 Å². The third-order valence-electron chi connectivity index (χ3n) is 13.8. The van der Waals surface area contributed by atoms with Crippen molar-refractivity contribution >= 4 is 17.9 Å². The minimum atomic E-state index is -0.766. The first kappa shape index (κ1) is 65.1. The second-order valence-electron chi connectivity index (χ2n) is 20.6. The van der Waals surface area contributed by atoms with E-state index < -0.39 is 6.10 Å². The van der Waals surface area contributed by atoms with Gasteiger partial charge >= 0.3 is 17.9 Å². The van der Waals surface area contributed by atoms with Crippen LogP contribution in [0.4, 0.5) is 0 Å².